The summed E-state index contributed by atoms with van der Waals surface area (Å²) in [5.74, 6) is 0. The summed E-state index contributed by atoms with van der Waals surface area (Å²) in [6.45, 7) is 4.07. The average molecular weight is 304 g/mol. The molecule has 0 aliphatic rings. The first-order chi connectivity index (χ1) is 11.1. The molecule has 4 heterocycles. The van der Waals surface area contributed by atoms with Crippen LogP contribution in [0.3, 0.4) is 0 Å². The maximum atomic E-state index is 10.8. The molecule has 0 aliphatic heterocycles. The number of H-pyrrole nitrogens is 1. The first-order valence-electron chi connectivity index (χ1n) is 7.26. The Hall–Kier alpha value is -3.08. The third kappa shape index (κ3) is 3.40. The lowest BCUT2D eigenvalue weighted by atomic mass is 10.1. The van der Waals surface area contributed by atoms with Crippen molar-refractivity contribution in [2.45, 2.75) is 13.8 Å². The van der Waals surface area contributed by atoms with E-state index in [2.05, 4.69) is 32.9 Å². The predicted molar refractivity (Wildman–Crippen MR) is 91.4 cm³/mol. The average Bonchev–Trinajstić information content (AvgIpc) is 2.55. The summed E-state index contributed by atoms with van der Waals surface area (Å²) in [7, 11) is 0. The zero-order valence-electron chi connectivity index (χ0n) is 12.9. The summed E-state index contributed by atoms with van der Waals surface area (Å²) in [6.07, 6.45) is 3.42. The van der Waals surface area contributed by atoms with Gasteiger partial charge in [0, 0.05) is 34.9 Å². The van der Waals surface area contributed by atoms with Crippen LogP contribution in [0.5, 0.6) is 0 Å². The largest absolute Gasteiger partial charge is 0.307 e. The van der Waals surface area contributed by atoms with Crippen molar-refractivity contribution in [2.24, 2.45) is 0 Å². The molecule has 0 bridgehead atoms. The van der Waals surface area contributed by atoms with E-state index in [-0.39, 0.29) is 5.56 Å². The fourth-order valence-corrected chi connectivity index (χ4v) is 2.36. The summed E-state index contributed by atoms with van der Waals surface area (Å²) in [5, 5.41) is 2.09. The molecule has 23 heavy (non-hydrogen) atoms. The number of aromatic amines is 1. The van der Waals surface area contributed by atoms with Crippen molar-refractivity contribution < 1.29 is 0 Å². The van der Waals surface area contributed by atoms with E-state index in [1.165, 1.54) is 11.6 Å². The summed E-state index contributed by atoms with van der Waals surface area (Å²) in [5.41, 5.74) is 3.63. The maximum Gasteiger partial charge on any atom is 0.249 e. The fourth-order valence-electron chi connectivity index (χ4n) is 2.36. The second-order valence-electron chi connectivity index (χ2n) is 5.22. The summed E-state index contributed by atoms with van der Waals surface area (Å²) >= 11 is 0. The third-order valence-electron chi connectivity index (χ3n) is 3.41. The first kappa shape index (κ1) is 14.8. The molecule has 0 saturated heterocycles. The molecular formula is C18H16N4O. The molecule has 4 aromatic heterocycles. The number of aromatic nitrogens is 4. The van der Waals surface area contributed by atoms with Crippen LogP contribution < -0.4 is 5.56 Å². The van der Waals surface area contributed by atoms with Crippen molar-refractivity contribution in [3.63, 3.8) is 0 Å². The number of nitrogens with zero attached hydrogens (tertiary/aromatic N) is 3. The molecule has 5 nitrogen and oxygen atoms in total. The Morgan fingerprint density at radius 3 is 2.61 bits per heavy atom. The van der Waals surface area contributed by atoms with Crippen molar-refractivity contribution in [2.75, 3.05) is 0 Å². The van der Waals surface area contributed by atoms with Crippen LogP contribution in [0, 0.1) is 13.8 Å². The van der Waals surface area contributed by atoms with Crippen LogP contribution in [0.15, 0.2) is 59.7 Å². The van der Waals surface area contributed by atoms with Crippen LogP contribution >= 0.6 is 0 Å². The lowest BCUT2D eigenvalue weighted by Gasteiger charge is -2.00. The topological polar surface area (TPSA) is 71.5 Å². The van der Waals surface area contributed by atoms with E-state index in [9.17, 15) is 4.79 Å². The lowest BCUT2D eigenvalue weighted by molar-refractivity contribution is 1.19. The van der Waals surface area contributed by atoms with Crippen LogP contribution in [0.1, 0.15) is 11.3 Å². The van der Waals surface area contributed by atoms with E-state index in [4.69, 9.17) is 0 Å². The number of hydrogen-bond donors (Lipinski definition) is 1. The summed E-state index contributed by atoms with van der Waals surface area (Å²) < 4.78 is 0. The lowest BCUT2D eigenvalue weighted by Crippen LogP contribution is -2.02. The van der Waals surface area contributed by atoms with Gasteiger partial charge >= 0.3 is 0 Å². The molecule has 0 atom stereocenters. The zero-order valence-corrected chi connectivity index (χ0v) is 12.9. The van der Waals surface area contributed by atoms with E-state index >= 15 is 0 Å². The third-order valence-corrected chi connectivity index (χ3v) is 3.41. The minimum absolute atomic E-state index is 0.115. The fraction of sp³-hybridized carbons (Fsp3) is 0.111. The highest BCUT2D eigenvalue weighted by Crippen LogP contribution is 2.14. The van der Waals surface area contributed by atoms with E-state index in [1.54, 1.807) is 18.5 Å². The molecule has 1 N–H and O–H groups in total. The molecule has 0 aliphatic carbocycles. The predicted octanol–water partition coefficient (Wildman–Crippen LogP) is 3.17. The molecule has 0 amide bonds. The Kier molecular flexibility index (Phi) is 4.10. The molecule has 114 valence electrons. The van der Waals surface area contributed by atoms with E-state index in [0.717, 1.165) is 22.1 Å². The SMILES string of the molecule is Cc1cc(C)c2cccnc2n1.O=c1ccc2cccnc2[nH]1. The van der Waals surface area contributed by atoms with Gasteiger partial charge in [-0.1, -0.05) is 0 Å². The minimum atomic E-state index is -0.115. The van der Waals surface area contributed by atoms with Gasteiger partial charge in [-0.25, -0.2) is 15.0 Å². The maximum absolute atomic E-state index is 10.8. The zero-order chi connectivity index (χ0) is 16.2. The Morgan fingerprint density at radius 2 is 1.74 bits per heavy atom. The minimum Gasteiger partial charge on any atom is -0.307 e. The smallest absolute Gasteiger partial charge is 0.249 e. The Morgan fingerprint density at radius 1 is 0.957 bits per heavy atom. The molecule has 5 heteroatoms. The van der Waals surface area contributed by atoms with Gasteiger partial charge in [0.25, 0.3) is 0 Å². The summed E-state index contributed by atoms with van der Waals surface area (Å²) in [4.78, 5) is 25.9. The number of aryl methyl sites for hydroxylation is 2. The van der Waals surface area contributed by atoms with Crippen LogP contribution in [0.4, 0.5) is 0 Å². The quantitative estimate of drug-likeness (QED) is 0.541. The van der Waals surface area contributed by atoms with Gasteiger partial charge in [-0.05, 0) is 55.8 Å². The molecule has 4 aromatic rings. The van der Waals surface area contributed by atoms with Crippen LogP contribution in [-0.2, 0) is 0 Å². The van der Waals surface area contributed by atoms with Gasteiger partial charge in [0.2, 0.25) is 5.56 Å². The second kappa shape index (κ2) is 6.36. The van der Waals surface area contributed by atoms with Crippen molar-refractivity contribution in [3.8, 4) is 0 Å². The highest BCUT2D eigenvalue weighted by molar-refractivity contribution is 5.78. The number of nitrogens with one attached hydrogen (secondary N) is 1. The molecule has 0 unspecified atom stereocenters. The van der Waals surface area contributed by atoms with Crippen molar-refractivity contribution >= 4 is 22.1 Å². The molecule has 0 fully saturated rings. The Balaban J connectivity index is 0.000000136. The van der Waals surface area contributed by atoms with Crippen LogP contribution in [0.2, 0.25) is 0 Å². The Bertz CT molecular complexity index is 1020. The van der Waals surface area contributed by atoms with Gasteiger partial charge in [-0.3, -0.25) is 4.79 Å². The number of pyridine rings is 4. The monoisotopic (exact) mass is 304 g/mol. The second-order valence-corrected chi connectivity index (χ2v) is 5.22. The van der Waals surface area contributed by atoms with Gasteiger partial charge in [0.1, 0.15) is 5.65 Å². The molecule has 0 radical (unpaired) electrons. The van der Waals surface area contributed by atoms with Gasteiger partial charge < -0.3 is 4.98 Å². The van der Waals surface area contributed by atoms with E-state index in [0.29, 0.717) is 5.65 Å². The van der Waals surface area contributed by atoms with E-state index < -0.39 is 0 Å². The molecule has 0 spiro atoms. The number of fused-ring (bicyclic) bond motifs is 2. The number of rotatable bonds is 0. The van der Waals surface area contributed by atoms with Crippen molar-refractivity contribution in [3.05, 3.63) is 76.5 Å². The molecular weight excluding hydrogens is 288 g/mol. The Labute approximate surface area is 133 Å². The normalized spacial score (nSPS) is 10.3. The summed E-state index contributed by atoms with van der Waals surface area (Å²) in [6, 6.07) is 13.0. The molecule has 4 rings (SSSR count). The van der Waals surface area contributed by atoms with Gasteiger partial charge in [0.15, 0.2) is 5.65 Å². The highest BCUT2D eigenvalue weighted by Gasteiger charge is 1.98. The van der Waals surface area contributed by atoms with Gasteiger partial charge in [-0.2, -0.15) is 0 Å². The molecule has 0 saturated carbocycles. The molecule has 0 aromatic carbocycles. The van der Waals surface area contributed by atoms with E-state index in [1.807, 2.05) is 31.2 Å². The van der Waals surface area contributed by atoms with Gasteiger partial charge in [-0.15, -0.1) is 0 Å². The van der Waals surface area contributed by atoms with Crippen molar-refractivity contribution in [1.29, 1.82) is 0 Å². The van der Waals surface area contributed by atoms with Crippen LogP contribution in [-0.4, -0.2) is 19.9 Å². The first-order valence-corrected chi connectivity index (χ1v) is 7.26. The highest BCUT2D eigenvalue weighted by atomic mass is 16.1. The standard InChI is InChI=1S/C10H10N2.C8H6N2O/c1-7-6-8(2)12-10-9(7)4-3-5-11-10;11-7-4-3-6-2-1-5-9-8(6)10-7/h3-6H,1-2H3;1-5H,(H,9,10,11). The number of hydrogen-bond acceptors (Lipinski definition) is 4. The van der Waals surface area contributed by atoms with Crippen molar-refractivity contribution in [1.82, 2.24) is 19.9 Å². The van der Waals surface area contributed by atoms with Crippen LogP contribution in [0.25, 0.3) is 22.1 Å². The van der Waals surface area contributed by atoms with Gasteiger partial charge in [0.05, 0.1) is 0 Å².